The van der Waals surface area contributed by atoms with Crippen LogP contribution in [0.1, 0.15) is 5.56 Å². The maximum Gasteiger partial charge on any atom is 0.323 e. The maximum atomic E-state index is 13.0. The molecule has 0 bridgehead atoms. The SMILES string of the molecule is O=C(O)CN1C(=O)/C(=c2\sc3nc(-c4ccc(Cl)cc4)nn3c2=O)c2ccccc21. The van der Waals surface area contributed by atoms with E-state index in [0.29, 0.717) is 32.6 Å². The average Bonchev–Trinajstić information content (AvgIpc) is 3.35. The number of thiazole rings is 1. The number of aliphatic carboxylic acids is 1. The fourth-order valence-electron chi connectivity index (χ4n) is 3.40. The number of halogens is 1. The van der Waals surface area contributed by atoms with Gasteiger partial charge in [-0.3, -0.25) is 19.3 Å². The zero-order chi connectivity index (χ0) is 21.0. The van der Waals surface area contributed by atoms with E-state index in [9.17, 15) is 19.5 Å². The number of para-hydroxylation sites is 1. The van der Waals surface area contributed by atoms with E-state index in [1.165, 1.54) is 0 Å². The summed E-state index contributed by atoms with van der Waals surface area (Å²) < 4.78 is 1.34. The highest BCUT2D eigenvalue weighted by molar-refractivity contribution is 7.15. The first-order valence-electron chi connectivity index (χ1n) is 8.77. The van der Waals surface area contributed by atoms with Crippen LogP contribution in [-0.4, -0.2) is 38.1 Å². The molecule has 148 valence electrons. The van der Waals surface area contributed by atoms with Gasteiger partial charge in [-0.2, -0.15) is 9.50 Å². The summed E-state index contributed by atoms with van der Waals surface area (Å²) in [5, 5.41) is 14.0. The van der Waals surface area contributed by atoms with Gasteiger partial charge in [0.2, 0.25) is 4.96 Å². The minimum atomic E-state index is -1.14. The third kappa shape index (κ3) is 2.78. The monoisotopic (exact) mass is 438 g/mol. The molecule has 1 aliphatic rings. The lowest BCUT2D eigenvalue weighted by Gasteiger charge is -2.13. The van der Waals surface area contributed by atoms with Crippen molar-refractivity contribution in [3.63, 3.8) is 0 Å². The normalized spacial score (nSPS) is 15.1. The van der Waals surface area contributed by atoms with E-state index in [0.717, 1.165) is 20.8 Å². The number of amides is 1. The third-order valence-corrected chi connectivity index (χ3v) is 5.99. The van der Waals surface area contributed by atoms with Crippen LogP contribution in [0.3, 0.4) is 0 Å². The summed E-state index contributed by atoms with van der Waals surface area (Å²) in [5.74, 6) is -1.30. The number of carbonyl (C=O) groups excluding carboxylic acids is 1. The molecule has 3 heterocycles. The number of hydrogen-bond donors (Lipinski definition) is 1. The van der Waals surface area contributed by atoms with Crippen LogP contribution in [0.25, 0.3) is 21.9 Å². The number of aromatic nitrogens is 3. The number of carboxylic acid groups (broad SMARTS) is 1. The van der Waals surface area contributed by atoms with Crippen molar-refractivity contribution in [3.8, 4) is 11.4 Å². The van der Waals surface area contributed by atoms with Gasteiger partial charge in [0.05, 0.1) is 11.3 Å². The Balaban J connectivity index is 1.70. The van der Waals surface area contributed by atoms with Gasteiger partial charge in [0, 0.05) is 16.1 Å². The van der Waals surface area contributed by atoms with E-state index in [2.05, 4.69) is 10.1 Å². The van der Waals surface area contributed by atoms with Crippen molar-refractivity contribution >= 4 is 51.0 Å². The van der Waals surface area contributed by atoms with E-state index < -0.39 is 24.0 Å². The first kappa shape index (κ1) is 18.5. The second-order valence-electron chi connectivity index (χ2n) is 6.55. The zero-order valence-corrected chi connectivity index (χ0v) is 16.6. The second-order valence-corrected chi connectivity index (χ2v) is 7.96. The van der Waals surface area contributed by atoms with Crippen molar-refractivity contribution in [2.24, 2.45) is 0 Å². The van der Waals surface area contributed by atoms with Gasteiger partial charge < -0.3 is 5.11 Å². The smallest absolute Gasteiger partial charge is 0.323 e. The molecule has 8 nitrogen and oxygen atoms in total. The van der Waals surface area contributed by atoms with E-state index in [-0.39, 0.29) is 10.1 Å². The van der Waals surface area contributed by atoms with Crippen LogP contribution in [0.15, 0.2) is 53.3 Å². The molecule has 10 heteroatoms. The molecule has 1 aliphatic heterocycles. The van der Waals surface area contributed by atoms with Crippen molar-refractivity contribution in [3.05, 3.63) is 74.0 Å². The van der Waals surface area contributed by atoms with Gasteiger partial charge in [-0.1, -0.05) is 41.1 Å². The summed E-state index contributed by atoms with van der Waals surface area (Å²) in [7, 11) is 0. The van der Waals surface area contributed by atoms with Crippen molar-refractivity contribution in [2.45, 2.75) is 0 Å². The van der Waals surface area contributed by atoms with Crippen LogP contribution in [0.4, 0.5) is 5.69 Å². The molecule has 1 N–H and O–H groups in total. The first-order valence-corrected chi connectivity index (χ1v) is 9.96. The number of benzene rings is 2. The standard InChI is InChI=1S/C20H11ClN4O4S/c21-11-7-5-10(6-8-11)17-22-20-25(23-17)19(29)16(30-20)15-12-3-1-2-4-13(12)24(18(15)28)9-14(26)27/h1-8H,9H2,(H,26,27)/b16-15-. The van der Waals surface area contributed by atoms with Gasteiger partial charge in [0.1, 0.15) is 11.1 Å². The molecule has 30 heavy (non-hydrogen) atoms. The molecular formula is C20H11ClN4O4S. The molecule has 0 unspecified atom stereocenters. The van der Waals surface area contributed by atoms with Crippen LogP contribution in [-0.2, 0) is 9.59 Å². The van der Waals surface area contributed by atoms with Crippen LogP contribution in [0, 0.1) is 0 Å². The predicted molar refractivity (Wildman–Crippen MR) is 112 cm³/mol. The van der Waals surface area contributed by atoms with Gasteiger partial charge in [-0.05, 0) is 30.3 Å². The number of fused-ring (bicyclic) bond motifs is 2. The molecule has 0 aliphatic carbocycles. The Morgan fingerprint density at radius 2 is 1.83 bits per heavy atom. The minimum Gasteiger partial charge on any atom is -0.480 e. The zero-order valence-electron chi connectivity index (χ0n) is 15.1. The Labute approximate surface area is 177 Å². The van der Waals surface area contributed by atoms with Gasteiger partial charge in [-0.25, -0.2) is 0 Å². The molecule has 0 saturated carbocycles. The third-order valence-electron chi connectivity index (χ3n) is 4.70. The highest BCUT2D eigenvalue weighted by Crippen LogP contribution is 2.35. The first-order chi connectivity index (χ1) is 14.4. The molecule has 4 aromatic rings. The molecule has 5 rings (SSSR count). The molecule has 0 fully saturated rings. The summed E-state index contributed by atoms with van der Waals surface area (Å²) in [6.45, 7) is -0.491. The largest absolute Gasteiger partial charge is 0.480 e. The summed E-state index contributed by atoms with van der Waals surface area (Å²) in [4.78, 5) is 43.2. The highest BCUT2D eigenvalue weighted by atomic mass is 35.5. The van der Waals surface area contributed by atoms with E-state index in [1.54, 1.807) is 48.5 Å². The Bertz CT molecular complexity index is 1460. The van der Waals surface area contributed by atoms with Crippen LogP contribution < -0.4 is 15.0 Å². The second kappa shape index (κ2) is 6.75. The number of carboxylic acids is 1. The van der Waals surface area contributed by atoms with Gasteiger partial charge in [0.15, 0.2) is 5.82 Å². The van der Waals surface area contributed by atoms with Crippen LogP contribution >= 0.6 is 22.9 Å². The van der Waals surface area contributed by atoms with E-state index in [4.69, 9.17) is 11.6 Å². The lowest BCUT2D eigenvalue weighted by molar-refractivity contribution is -0.136. The van der Waals surface area contributed by atoms with Crippen LogP contribution in [0.2, 0.25) is 5.02 Å². The maximum absolute atomic E-state index is 13.0. The molecule has 2 aromatic carbocycles. The topological polar surface area (TPSA) is 105 Å². The predicted octanol–water partition coefficient (Wildman–Crippen LogP) is 1.82. The Morgan fingerprint density at radius 1 is 1.10 bits per heavy atom. The number of hydrogen-bond acceptors (Lipinski definition) is 6. The number of nitrogens with zero attached hydrogens (tertiary/aromatic N) is 4. The number of anilines is 1. The molecule has 0 saturated heterocycles. The molecular weight excluding hydrogens is 428 g/mol. The Kier molecular flexibility index (Phi) is 4.16. The highest BCUT2D eigenvalue weighted by Gasteiger charge is 2.35. The molecule has 2 aromatic heterocycles. The molecule has 1 amide bonds. The van der Waals surface area contributed by atoms with Crippen molar-refractivity contribution in [1.82, 2.24) is 14.6 Å². The van der Waals surface area contributed by atoms with Gasteiger partial charge in [-0.15, -0.1) is 5.10 Å². The van der Waals surface area contributed by atoms with Gasteiger partial charge >= 0.3 is 5.97 Å². The molecule has 0 radical (unpaired) electrons. The van der Waals surface area contributed by atoms with Crippen molar-refractivity contribution < 1.29 is 14.7 Å². The fraction of sp³-hybridized carbons (Fsp3) is 0.0500. The summed E-state index contributed by atoms with van der Waals surface area (Å²) in [6.07, 6.45) is 0. The number of rotatable bonds is 3. The lowest BCUT2D eigenvalue weighted by Crippen LogP contribution is -2.35. The molecule has 0 atom stereocenters. The lowest BCUT2D eigenvalue weighted by atomic mass is 10.1. The van der Waals surface area contributed by atoms with E-state index in [1.807, 2.05) is 0 Å². The van der Waals surface area contributed by atoms with Crippen molar-refractivity contribution in [1.29, 1.82) is 0 Å². The fourth-order valence-corrected chi connectivity index (χ4v) is 4.52. The average molecular weight is 439 g/mol. The Hall–Kier alpha value is -3.56. The van der Waals surface area contributed by atoms with Gasteiger partial charge in [0.25, 0.3) is 11.5 Å². The number of carbonyl (C=O) groups is 2. The van der Waals surface area contributed by atoms with E-state index >= 15 is 0 Å². The Morgan fingerprint density at radius 3 is 2.53 bits per heavy atom. The molecule has 0 spiro atoms. The summed E-state index contributed by atoms with van der Waals surface area (Å²) in [6, 6.07) is 13.7. The quantitative estimate of drug-likeness (QED) is 0.523. The van der Waals surface area contributed by atoms with Crippen molar-refractivity contribution in [2.75, 3.05) is 11.4 Å². The van der Waals surface area contributed by atoms with Crippen LogP contribution in [0.5, 0.6) is 0 Å². The summed E-state index contributed by atoms with van der Waals surface area (Å²) in [5.41, 5.74) is 1.38. The minimum absolute atomic E-state index is 0.169. The summed E-state index contributed by atoms with van der Waals surface area (Å²) >= 11 is 6.95.